The monoisotopic (exact) mass is 397 g/mol. The van der Waals surface area contributed by atoms with Crippen molar-refractivity contribution in [2.45, 2.75) is 45.8 Å². The summed E-state index contributed by atoms with van der Waals surface area (Å²) >= 11 is 0. The van der Waals surface area contributed by atoms with Gasteiger partial charge in [0.2, 0.25) is 0 Å². The van der Waals surface area contributed by atoms with Crippen molar-refractivity contribution in [2.24, 2.45) is 0 Å². The topological polar surface area (TPSA) is 70.0 Å². The molecular formula is C22H28FN5O. The molecule has 1 aliphatic heterocycles. The van der Waals surface area contributed by atoms with Gasteiger partial charge in [-0.25, -0.2) is 9.37 Å². The highest BCUT2D eigenvalue weighted by Crippen LogP contribution is 2.34. The van der Waals surface area contributed by atoms with E-state index in [1.54, 1.807) is 12.1 Å². The second-order valence-corrected chi connectivity index (χ2v) is 7.88. The molecule has 6 nitrogen and oxygen atoms in total. The number of halogens is 1. The number of H-pyrrole nitrogens is 1. The summed E-state index contributed by atoms with van der Waals surface area (Å²) < 4.78 is 15.6. The molecule has 4 rings (SSSR count). The number of likely N-dealkylation sites (tertiary alicyclic amines) is 1. The summed E-state index contributed by atoms with van der Waals surface area (Å²) in [5.41, 5.74) is 5.75. The first kappa shape index (κ1) is 19.8. The highest BCUT2D eigenvalue weighted by Gasteiger charge is 2.21. The maximum Gasteiger partial charge on any atom is 0.123 e. The Morgan fingerprint density at radius 2 is 1.86 bits per heavy atom. The molecule has 1 fully saturated rings. The van der Waals surface area contributed by atoms with E-state index in [4.69, 9.17) is 0 Å². The zero-order valence-corrected chi connectivity index (χ0v) is 17.0. The molecule has 1 saturated heterocycles. The van der Waals surface area contributed by atoms with Crippen LogP contribution in [0.15, 0.2) is 30.6 Å². The molecule has 1 aromatic carbocycles. The minimum atomic E-state index is -0.253. The number of hydrogen-bond donors (Lipinski definition) is 2. The van der Waals surface area contributed by atoms with E-state index >= 15 is 0 Å². The normalized spacial score (nSPS) is 15.9. The molecule has 154 valence electrons. The van der Waals surface area contributed by atoms with E-state index in [9.17, 15) is 9.50 Å². The average molecular weight is 397 g/mol. The van der Waals surface area contributed by atoms with Gasteiger partial charge in [-0.3, -0.25) is 5.10 Å². The lowest BCUT2D eigenvalue weighted by atomic mass is 10.0. The third kappa shape index (κ3) is 4.26. The Kier molecular flexibility index (Phi) is 5.78. The number of piperidine rings is 1. The van der Waals surface area contributed by atoms with Gasteiger partial charge in [0.05, 0.1) is 29.5 Å². The second-order valence-electron chi connectivity index (χ2n) is 7.88. The Morgan fingerprint density at radius 3 is 2.52 bits per heavy atom. The molecule has 3 heterocycles. The molecule has 29 heavy (non-hydrogen) atoms. The van der Waals surface area contributed by atoms with Crippen molar-refractivity contribution in [3.63, 3.8) is 0 Å². The van der Waals surface area contributed by atoms with Crippen molar-refractivity contribution in [3.05, 3.63) is 47.8 Å². The van der Waals surface area contributed by atoms with E-state index in [0.29, 0.717) is 0 Å². The van der Waals surface area contributed by atoms with E-state index in [1.165, 1.54) is 12.1 Å². The molecule has 7 heteroatoms. The molecule has 0 atom stereocenters. The number of aryl methyl sites for hydroxylation is 3. The molecule has 2 N–H and O–H groups in total. The molecule has 2 aromatic heterocycles. The van der Waals surface area contributed by atoms with Crippen LogP contribution in [0.1, 0.15) is 30.7 Å². The van der Waals surface area contributed by atoms with E-state index < -0.39 is 0 Å². The summed E-state index contributed by atoms with van der Waals surface area (Å²) in [6, 6.07) is 6.49. The number of rotatable bonds is 6. The third-order valence-electron chi connectivity index (χ3n) is 5.75. The first-order valence-corrected chi connectivity index (χ1v) is 10.3. The lowest BCUT2D eigenvalue weighted by molar-refractivity contribution is 0.0815. The molecule has 0 bridgehead atoms. The van der Waals surface area contributed by atoms with Crippen LogP contribution >= 0.6 is 0 Å². The first-order chi connectivity index (χ1) is 14.0. The Hall–Kier alpha value is -2.51. The zero-order chi connectivity index (χ0) is 20.4. The number of aromatic nitrogens is 4. The van der Waals surface area contributed by atoms with Gasteiger partial charge in [0, 0.05) is 36.5 Å². The summed E-state index contributed by atoms with van der Waals surface area (Å²) in [4.78, 5) is 7.10. The number of imidazole rings is 1. The molecule has 0 aliphatic carbocycles. The lowest BCUT2D eigenvalue weighted by Gasteiger charge is -2.29. The van der Waals surface area contributed by atoms with Crippen LogP contribution in [0.3, 0.4) is 0 Å². The summed E-state index contributed by atoms with van der Waals surface area (Å²) in [6.45, 7) is 7.76. The fourth-order valence-electron chi connectivity index (χ4n) is 4.14. The van der Waals surface area contributed by atoms with Gasteiger partial charge < -0.3 is 14.6 Å². The number of nitrogens with zero attached hydrogens (tertiary/aromatic N) is 4. The largest absolute Gasteiger partial charge is 0.393 e. The van der Waals surface area contributed by atoms with Gasteiger partial charge >= 0.3 is 0 Å². The van der Waals surface area contributed by atoms with Crippen molar-refractivity contribution < 1.29 is 9.50 Å². The predicted molar refractivity (Wildman–Crippen MR) is 111 cm³/mol. The Balaban J connectivity index is 1.59. The fourth-order valence-corrected chi connectivity index (χ4v) is 4.14. The molecular weight excluding hydrogens is 369 g/mol. The third-order valence-corrected chi connectivity index (χ3v) is 5.75. The van der Waals surface area contributed by atoms with Crippen LogP contribution < -0.4 is 0 Å². The molecule has 0 unspecified atom stereocenters. The number of aliphatic hydroxyl groups is 1. The van der Waals surface area contributed by atoms with Crippen LogP contribution in [0.4, 0.5) is 4.39 Å². The molecule has 0 saturated carbocycles. The van der Waals surface area contributed by atoms with Crippen molar-refractivity contribution in [1.29, 1.82) is 0 Å². The number of aliphatic hydroxyl groups excluding tert-OH is 1. The quantitative estimate of drug-likeness (QED) is 0.667. The van der Waals surface area contributed by atoms with E-state index in [0.717, 1.165) is 79.3 Å². The number of hydrogen-bond acceptors (Lipinski definition) is 4. The average Bonchev–Trinajstić information content (AvgIpc) is 3.26. The Labute approximate surface area is 170 Å². The predicted octanol–water partition coefficient (Wildman–Crippen LogP) is 3.54. The van der Waals surface area contributed by atoms with Crippen molar-refractivity contribution in [1.82, 2.24) is 24.6 Å². The summed E-state index contributed by atoms with van der Waals surface area (Å²) in [6.07, 6.45) is 4.45. The molecule has 0 spiro atoms. The van der Waals surface area contributed by atoms with Gasteiger partial charge in [0.25, 0.3) is 0 Å². The standard InChI is InChI=1S/C22H28FN5O/c1-15-20(16(2)26-25-15)22-21(17-4-6-18(23)7-5-17)24-14-28(22)11-3-10-27-12-8-19(29)9-13-27/h4-7,14,19,29H,3,8-13H2,1-2H3,(H,25,26). The van der Waals surface area contributed by atoms with Crippen LogP contribution in [-0.4, -0.2) is 55.5 Å². The van der Waals surface area contributed by atoms with Crippen LogP contribution in [0.25, 0.3) is 22.5 Å². The number of aromatic amines is 1. The Morgan fingerprint density at radius 1 is 1.14 bits per heavy atom. The van der Waals surface area contributed by atoms with E-state index in [2.05, 4.69) is 24.6 Å². The smallest absolute Gasteiger partial charge is 0.123 e. The summed E-state index contributed by atoms with van der Waals surface area (Å²) in [5.74, 6) is -0.253. The van der Waals surface area contributed by atoms with Gasteiger partial charge in [0.15, 0.2) is 0 Å². The maximum atomic E-state index is 13.4. The number of benzene rings is 1. The SMILES string of the molecule is Cc1n[nH]c(C)c1-c1c(-c2ccc(F)cc2)ncn1CCCN1CCC(O)CC1. The number of nitrogens with one attached hydrogen (secondary N) is 1. The van der Waals surface area contributed by atoms with Crippen molar-refractivity contribution >= 4 is 0 Å². The zero-order valence-electron chi connectivity index (χ0n) is 17.0. The van der Waals surface area contributed by atoms with Crippen molar-refractivity contribution in [2.75, 3.05) is 19.6 Å². The minimum absolute atomic E-state index is 0.142. The summed E-state index contributed by atoms with van der Waals surface area (Å²) in [7, 11) is 0. The molecule has 3 aromatic rings. The second kappa shape index (κ2) is 8.47. The van der Waals surface area contributed by atoms with Gasteiger partial charge in [-0.05, 0) is 63.9 Å². The molecule has 0 radical (unpaired) electrons. The van der Waals surface area contributed by atoms with Gasteiger partial charge in [-0.15, -0.1) is 0 Å². The minimum Gasteiger partial charge on any atom is -0.393 e. The molecule has 1 aliphatic rings. The lowest BCUT2D eigenvalue weighted by Crippen LogP contribution is -2.36. The summed E-state index contributed by atoms with van der Waals surface area (Å²) in [5, 5.41) is 17.1. The van der Waals surface area contributed by atoms with Gasteiger partial charge in [-0.1, -0.05) is 0 Å². The first-order valence-electron chi connectivity index (χ1n) is 10.3. The maximum absolute atomic E-state index is 13.4. The highest BCUT2D eigenvalue weighted by atomic mass is 19.1. The molecule has 0 amide bonds. The van der Waals surface area contributed by atoms with Gasteiger partial charge in [-0.2, -0.15) is 5.10 Å². The van der Waals surface area contributed by atoms with Crippen LogP contribution in [0.2, 0.25) is 0 Å². The van der Waals surface area contributed by atoms with E-state index in [1.807, 2.05) is 20.2 Å². The fraction of sp³-hybridized carbons (Fsp3) is 0.455. The van der Waals surface area contributed by atoms with Gasteiger partial charge in [0.1, 0.15) is 5.82 Å². The van der Waals surface area contributed by atoms with Crippen LogP contribution in [-0.2, 0) is 6.54 Å². The van der Waals surface area contributed by atoms with Crippen LogP contribution in [0.5, 0.6) is 0 Å². The van der Waals surface area contributed by atoms with Crippen LogP contribution in [0, 0.1) is 19.7 Å². The van der Waals surface area contributed by atoms with Crippen molar-refractivity contribution in [3.8, 4) is 22.5 Å². The highest BCUT2D eigenvalue weighted by molar-refractivity contribution is 5.80. The van der Waals surface area contributed by atoms with E-state index in [-0.39, 0.29) is 11.9 Å². The Bertz CT molecular complexity index is 935.